The van der Waals surface area contributed by atoms with E-state index < -0.39 is 62.9 Å². The molecule has 3 heterocycles. The maximum absolute atomic E-state index is 14.6. The summed E-state index contributed by atoms with van der Waals surface area (Å²) in [6.07, 6.45) is 3.62. The van der Waals surface area contributed by atoms with Gasteiger partial charge in [0.25, 0.3) is 11.8 Å². The number of amides is 4. The third-order valence-corrected chi connectivity index (χ3v) is 12.8. The lowest BCUT2D eigenvalue weighted by Gasteiger charge is -2.50. The number of imide groups is 2. The number of halogens is 3. The lowest BCUT2D eigenvalue weighted by molar-refractivity contribution is -0.125. The molecular formula is C42H30Cl2FN3O6. The number of anilines is 2. The van der Waals surface area contributed by atoms with Crippen molar-refractivity contribution >= 4 is 69.3 Å². The summed E-state index contributed by atoms with van der Waals surface area (Å²) in [5.74, 6) is -6.64. The smallest absolute Gasteiger partial charge is 0.258 e. The van der Waals surface area contributed by atoms with Gasteiger partial charge >= 0.3 is 0 Å². The number of oxazole rings is 1. The Morgan fingerprint density at radius 2 is 1.57 bits per heavy atom. The Bertz CT molecular complexity index is 2450. The summed E-state index contributed by atoms with van der Waals surface area (Å²) in [4.78, 5) is 60.1. The van der Waals surface area contributed by atoms with Crippen LogP contribution in [0, 0.1) is 23.6 Å². The van der Waals surface area contributed by atoms with Gasteiger partial charge in [-0.3, -0.25) is 24.1 Å². The first-order valence-corrected chi connectivity index (χ1v) is 18.2. The highest BCUT2D eigenvalue weighted by atomic mass is 35.5. The van der Waals surface area contributed by atoms with E-state index in [1.807, 2.05) is 24.3 Å². The Labute approximate surface area is 318 Å². The van der Waals surface area contributed by atoms with E-state index in [0.717, 1.165) is 21.9 Å². The SMILES string of the molecule is C=CCc1cccc([C@H]2C3=CC[C@@H]4C(=O)N(c5ccc(-c6nc7ccccc7o6)cc5)C(=O)[C@@H]4[C@@H]3C[C@@]3(Cl)C(=O)N(c4ccc(F)cc4)C(=O)[C@@]23Cl)c1O. The maximum Gasteiger partial charge on any atom is 0.258 e. The fourth-order valence-electron chi connectivity index (χ4n) is 8.91. The first-order chi connectivity index (χ1) is 26.0. The third kappa shape index (κ3) is 4.66. The summed E-state index contributed by atoms with van der Waals surface area (Å²) in [5, 5.41) is 11.7. The van der Waals surface area contributed by atoms with E-state index in [0.29, 0.717) is 45.8 Å². The second-order valence-electron chi connectivity index (χ2n) is 14.1. The van der Waals surface area contributed by atoms with Gasteiger partial charge in [-0.25, -0.2) is 14.3 Å². The van der Waals surface area contributed by atoms with E-state index in [1.165, 1.54) is 12.1 Å². The molecule has 2 saturated heterocycles. The minimum absolute atomic E-state index is 0.0682. The quantitative estimate of drug-likeness (QED) is 0.106. The Kier molecular flexibility index (Phi) is 7.74. The predicted molar refractivity (Wildman–Crippen MR) is 201 cm³/mol. The summed E-state index contributed by atoms with van der Waals surface area (Å²) < 4.78 is 19.9. The molecule has 0 bridgehead atoms. The van der Waals surface area contributed by atoms with Gasteiger partial charge < -0.3 is 9.52 Å². The van der Waals surface area contributed by atoms with Gasteiger partial charge in [0.2, 0.25) is 17.7 Å². The first-order valence-electron chi connectivity index (χ1n) is 17.5. The number of aromatic nitrogens is 1. The zero-order valence-electron chi connectivity index (χ0n) is 28.4. The van der Waals surface area contributed by atoms with Crippen LogP contribution in [0.4, 0.5) is 15.8 Å². The van der Waals surface area contributed by atoms with E-state index in [4.69, 9.17) is 27.6 Å². The average molecular weight is 763 g/mol. The highest BCUT2D eigenvalue weighted by Crippen LogP contribution is 2.66. The van der Waals surface area contributed by atoms with Gasteiger partial charge in [0.15, 0.2) is 15.3 Å². The molecule has 1 N–H and O–H groups in total. The zero-order valence-corrected chi connectivity index (χ0v) is 29.9. The molecule has 0 unspecified atom stereocenters. The third-order valence-electron chi connectivity index (χ3n) is 11.4. The number of alkyl halides is 2. The molecule has 3 fully saturated rings. The molecule has 2 aliphatic carbocycles. The van der Waals surface area contributed by atoms with Crippen molar-refractivity contribution in [3.8, 4) is 17.2 Å². The van der Waals surface area contributed by atoms with Crippen LogP contribution in [-0.2, 0) is 25.6 Å². The Morgan fingerprint density at radius 1 is 0.870 bits per heavy atom. The summed E-state index contributed by atoms with van der Waals surface area (Å²) in [6, 6.07) is 24.0. The van der Waals surface area contributed by atoms with E-state index in [1.54, 1.807) is 54.6 Å². The van der Waals surface area contributed by atoms with Crippen molar-refractivity contribution in [2.45, 2.75) is 34.9 Å². The van der Waals surface area contributed by atoms with E-state index in [9.17, 15) is 28.7 Å². The van der Waals surface area contributed by atoms with Crippen molar-refractivity contribution in [2.24, 2.45) is 17.8 Å². The average Bonchev–Trinajstić information content (AvgIpc) is 3.76. The van der Waals surface area contributed by atoms with Crippen LogP contribution in [0.2, 0.25) is 0 Å². The lowest BCUT2D eigenvalue weighted by atomic mass is 9.56. The molecule has 4 aromatic carbocycles. The predicted octanol–water partition coefficient (Wildman–Crippen LogP) is 7.84. The van der Waals surface area contributed by atoms with Gasteiger partial charge in [-0.05, 0) is 91.4 Å². The number of nitrogens with zero attached hydrogens (tertiary/aromatic N) is 3. The minimum Gasteiger partial charge on any atom is -0.507 e. The standard InChI is InChI=1S/C42H30Cl2FN3O6/c1-2-6-22-7-5-8-29(35(22)49)34-27-19-20-28-33(30(27)21-41(43)39(52)48(40(53)42(34,41)44)26-17-13-24(45)14-18-26)38(51)47(37(28)50)25-15-11-23(12-16-25)36-46-31-9-3-4-10-32(31)54-36/h2-5,7-19,28,30,33-34,49H,1,6,20-21H2/t28-,30+,33-,34+,41+,42-/m0/s1. The van der Waals surface area contributed by atoms with Gasteiger partial charge in [0.1, 0.15) is 17.1 Å². The number of rotatable bonds is 6. The molecule has 1 saturated carbocycles. The highest BCUT2D eigenvalue weighted by Gasteiger charge is 2.77. The molecule has 4 aliphatic rings. The largest absolute Gasteiger partial charge is 0.507 e. The summed E-state index contributed by atoms with van der Waals surface area (Å²) in [6.45, 7) is 3.78. The number of benzene rings is 4. The number of hydrogen-bond acceptors (Lipinski definition) is 7. The minimum atomic E-state index is -2.18. The van der Waals surface area contributed by atoms with Crippen molar-refractivity contribution in [2.75, 3.05) is 9.80 Å². The topological polar surface area (TPSA) is 121 Å². The molecule has 2 aliphatic heterocycles. The van der Waals surface area contributed by atoms with Gasteiger partial charge in [-0.1, -0.05) is 48.1 Å². The van der Waals surface area contributed by atoms with Crippen LogP contribution in [0.1, 0.15) is 29.9 Å². The number of aromatic hydroxyl groups is 1. The molecule has 5 aromatic rings. The molecule has 1 aromatic heterocycles. The fourth-order valence-corrected chi connectivity index (χ4v) is 9.84. The number of phenolic OH excluding ortho intramolecular Hbond substituents is 1. The van der Waals surface area contributed by atoms with Gasteiger partial charge in [-0.15, -0.1) is 29.8 Å². The second kappa shape index (κ2) is 12.2. The molecular weight excluding hydrogens is 732 g/mol. The van der Waals surface area contributed by atoms with Crippen molar-refractivity contribution < 1.29 is 33.1 Å². The number of carbonyl (C=O) groups excluding carboxylic acids is 4. The monoisotopic (exact) mass is 761 g/mol. The first kappa shape index (κ1) is 34.2. The number of fused-ring (bicyclic) bond motifs is 5. The van der Waals surface area contributed by atoms with Gasteiger partial charge in [-0.2, -0.15) is 0 Å². The van der Waals surface area contributed by atoms with Gasteiger partial charge in [0, 0.05) is 17.0 Å². The van der Waals surface area contributed by atoms with Crippen LogP contribution < -0.4 is 9.80 Å². The maximum atomic E-state index is 14.6. The Balaban J connectivity index is 1.13. The molecule has 54 heavy (non-hydrogen) atoms. The van der Waals surface area contributed by atoms with Crippen LogP contribution in [-0.4, -0.2) is 43.5 Å². The molecule has 6 atom stereocenters. The fraction of sp³-hybridized carbons (Fsp3) is 0.214. The van der Waals surface area contributed by atoms with Crippen molar-refractivity contribution in [3.63, 3.8) is 0 Å². The second-order valence-corrected chi connectivity index (χ2v) is 15.4. The number of para-hydroxylation sites is 3. The van der Waals surface area contributed by atoms with Crippen LogP contribution in [0.15, 0.2) is 120 Å². The van der Waals surface area contributed by atoms with E-state index >= 15 is 0 Å². The normalized spacial score (nSPS) is 27.6. The molecule has 0 radical (unpaired) electrons. The molecule has 9 rings (SSSR count). The molecule has 9 nitrogen and oxygen atoms in total. The zero-order chi connectivity index (χ0) is 37.7. The molecule has 12 heteroatoms. The number of allylic oxidation sites excluding steroid dienone is 3. The Hall–Kier alpha value is -5.58. The molecule has 270 valence electrons. The Morgan fingerprint density at radius 3 is 2.30 bits per heavy atom. The number of carbonyl (C=O) groups is 4. The van der Waals surface area contributed by atoms with Crippen molar-refractivity contribution in [1.29, 1.82) is 0 Å². The van der Waals surface area contributed by atoms with Crippen LogP contribution in [0.25, 0.3) is 22.6 Å². The molecule has 0 spiro atoms. The number of phenols is 1. The van der Waals surface area contributed by atoms with Crippen LogP contribution in [0.5, 0.6) is 5.75 Å². The summed E-state index contributed by atoms with van der Waals surface area (Å²) in [7, 11) is 0. The molecule has 4 amide bonds. The van der Waals surface area contributed by atoms with Crippen LogP contribution in [0.3, 0.4) is 0 Å². The van der Waals surface area contributed by atoms with E-state index in [2.05, 4.69) is 11.6 Å². The highest BCUT2D eigenvalue weighted by molar-refractivity contribution is 6.58. The summed E-state index contributed by atoms with van der Waals surface area (Å²) in [5.41, 5.74) is 3.68. The van der Waals surface area contributed by atoms with E-state index in [-0.39, 0.29) is 29.8 Å². The van der Waals surface area contributed by atoms with Crippen LogP contribution >= 0.6 is 23.2 Å². The number of hydrogen-bond donors (Lipinski definition) is 1. The summed E-state index contributed by atoms with van der Waals surface area (Å²) >= 11 is 14.9. The van der Waals surface area contributed by atoms with Crippen molar-refractivity contribution in [1.82, 2.24) is 4.98 Å². The van der Waals surface area contributed by atoms with Crippen molar-refractivity contribution in [3.05, 3.63) is 132 Å². The van der Waals surface area contributed by atoms with Gasteiger partial charge in [0.05, 0.1) is 23.2 Å². The lowest BCUT2D eigenvalue weighted by Crippen LogP contribution is -2.60.